The standard InChI is InChI=1S/C19H29NO2/c1-18-7-5-12(21)9-11(18)10-15(20)17-13-3-4-16(22)19(13,2)8-6-14(17)18/h10,12-15,17,21H,3-9,20H2,1-2H3/t12-,13?,14?,15-,17?,18-,19-/m0/s1. The highest BCUT2D eigenvalue weighted by atomic mass is 16.3. The Labute approximate surface area is 133 Å². The maximum Gasteiger partial charge on any atom is 0.139 e. The molecule has 0 spiro atoms. The normalized spacial score (nSPS) is 54.3. The number of carbonyl (C=O) groups excluding carboxylic acids is 1. The van der Waals surface area contributed by atoms with Crippen LogP contribution in [-0.4, -0.2) is 23.0 Å². The van der Waals surface area contributed by atoms with Crippen molar-refractivity contribution in [1.82, 2.24) is 0 Å². The van der Waals surface area contributed by atoms with Gasteiger partial charge in [-0.1, -0.05) is 25.5 Å². The molecule has 0 saturated heterocycles. The Kier molecular flexibility index (Phi) is 3.16. The van der Waals surface area contributed by atoms with Gasteiger partial charge in [0.1, 0.15) is 5.78 Å². The van der Waals surface area contributed by atoms with Crippen molar-refractivity contribution in [3.05, 3.63) is 11.6 Å². The third kappa shape index (κ3) is 1.78. The van der Waals surface area contributed by atoms with E-state index in [0.29, 0.717) is 23.5 Å². The molecule has 3 saturated carbocycles. The van der Waals surface area contributed by atoms with Gasteiger partial charge in [0.25, 0.3) is 0 Å². The monoisotopic (exact) mass is 303 g/mol. The van der Waals surface area contributed by atoms with Crippen molar-refractivity contribution in [1.29, 1.82) is 0 Å². The third-order valence-electron chi connectivity index (χ3n) is 7.88. The lowest BCUT2D eigenvalue weighted by Crippen LogP contribution is -2.56. The number of hydrogen-bond acceptors (Lipinski definition) is 3. The molecule has 3 fully saturated rings. The topological polar surface area (TPSA) is 63.3 Å². The highest BCUT2D eigenvalue weighted by Crippen LogP contribution is 2.63. The molecular weight excluding hydrogens is 274 g/mol. The fourth-order valence-electron chi connectivity index (χ4n) is 6.49. The van der Waals surface area contributed by atoms with Crippen LogP contribution in [0.2, 0.25) is 0 Å². The molecule has 3 nitrogen and oxygen atoms in total. The summed E-state index contributed by atoms with van der Waals surface area (Å²) in [6.45, 7) is 4.59. The van der Waals surface area contributed by atoms with Crippen LogP contribution in [0.4, 0.5) is 0 Å². The minimum absolute atomic E-state index is 0.0638. The molecule has 22 heavy (non-hydrogen) atoms. The first-order valence-corrected chi connectivity index (χ1v) is 9.04. The smallest absolute Gasteiger partial charge is 0.139 e. The number of carbonyl (C=O) groups is 1. The molecule has 0 radical (unpaired) electrons. The van der Waals surface area contributed by atoms with Crippen molar-refractivity contribution < 1.29 is 9.90 Å². The molecule has 7 atom stereocenters. The van der Waals surface area contributed by atoms with Crippen molar-refractivity contribution >= 4 is 5.78 Å². The third-order valence-corrected chi connectivity index (χ3v) is 7.88. The molecule has 3 N–H and O–H groups in total. The summed E-state index contributed by atoms with van der Waals surface area (Å²) in [6.07, 6.45) is 8.81. The molecule has 4 aliphatic rings. The first-order chi connectivity index (χ1) is 10.4. The molecule has 3 unspecified atom stereocenters. The molecule has 3 heteroatoms. The molecule has 0 bridgehead atoms. The fourth-order valence-corrected chi connectivity index (χ4v) is 6.49. The second-order valence-electron chi connectivity index (χ2n) is 8.79. The molecule has 0 aromatic rings. The van der Waals surface area contributed by atoms with Crippen molar-refractivity contribution in [2.45, 2.75) is 70.9 Å². The van der Waals surface area contributed by atoms with Gasteiger partial charge in [-0.2, -0.15) is 0 Å². The predicted octanol–water partition coefficient (Wildman–Crippen LogP) is 2.82. The summed E-state index contributed by atoms with van der Waals surface area (Å²) in [5, 5.41) is 10.0. The highest BCUT2D eigenvalue weighted by molar-refractivity contribution is 5.87. The summed E-state index contributed by atoms with van der Waals surface area (Å²) < 4.78 is 0. The molecule has 0 amide bonds. The number of aliphatic hydroxyl groups is 1. The number of Topliss-reactive ketones (excluding diaryl/α,β-unsaturated/α-hetero) is 1. The van der Waals surface area contributed by atoms with Gasteiger partial charge in [-0.3, -0.25) is 4.79 Å². The average molecular weight is 303 g/mol. The molecule has 4 aliphatic carbocycles. The molecule has 4 rings (SSSR count). The maximum atomic E-state index is 12.4. The van der Waals surface area contributed by atoms with Gasteiger partial charge in [0.05, 0.1) is 6.10 Å². The minimum atomic E-state index is -0.190. The van der Waals surface area contributed by atoms with Gasteiger partial charge in [-0.25, -0.2) is 0 Å². The van der Waals surface area contributed by atoms with E-state index in [4.69, 9.17) is 5.73 Å². The number of fused-ring (bicyclic) bond motifs is 5. The van der Waals surface area contributed by atoms with E-state index in [1.165, 1.54) is 5.57 Å². The minimum Gasteiger partial charge on any atom is -0.393 e. The number of ketones is 1. The van der Waals surface area contributed by atoms with E-state index in [1.54, 1.807) is 0 Å². The Balaban J connectivity index is 1.75. The van der Waals surface area contributed by atoms with Crippen molar-refractivity contribution in [3.63, 3.8) is 0 Å². The lowest BCUT2D eigenvalue weighted by Gasteiger charge is -2.58. The Bertz CT molecular complexity index is 542. The lowest BCUT2D eigenvalue weighted by molar-refractivity contribution is -0.132. The number of hydrogen-bond donors (Lipinski definition) is 2. The van der Waals surface area contributed by atoms with Crippen LogP contribution in [0.25, 0.3) is 0 Å². The van der Waals surface area contributed by atoms with Crippen LogP contribution in [0.1, 0.15) is 58.8 Å². The van der Waals surface area contributed by atoms with Gasteiger partial charge in [0.15, 0.2) is 0 Å². The van der Waals surface area contributed by atoms with Crippen LogP contribution in [-0.2, 0) is 4.79 Å². The Morgan fingerprint density at radius 1 is 1.14 bits per heavy atom. The zero-order valence-corrected chi connectivity index (χ0v) is 13.8. The zero-order valence-electron chi connectivity index (χ0n) is 13.8. The van der Waals surface area contributed by atoms with E-state index in [0.717, 1.165) is 44.9 Å². The van der Waals surface area contributed by atoms with Crippen LogP contribution in [0.3, 0.4) is 0 Å². The highest BCUT2D eigenvalue weighted by Gasteiger charge is 2.60. The largest absolute Gasteiger partial charge is 0.393 e. The Morgan fingerprint density at radius 3 is 2.59 bits per heavy atom. The molecule has 0 aromatic carbocycles. The second-order valence-corrected chi connectivity index (χ2v) is 8.79. The second kappa shape index (κ2) is 4.67. The van der Waals surface area contributed by atoms with Crippen molar-refractivity contribution in [2.75, 3.05) is 0 Å². The summed E-state index contributed by atoms with van der Waals surface area (Å²) >= 11 is 0. The van der Waals surface area contributed by atoms with Crippen molar-refractivity contribution in [3.8, 4) is 0 Å². The summed E-state index contributed by atoms with van der Waals surface area (Å²) in [4.78, 5) is 12.4. The number of rotatable bonds is 0. The molecule has 122 valence electrons. The summed E-state index contributed by atoms with van der Waals surface area (Å²) in [5.41, 5.74) is 8.07. The first kappa shape index (κ1) is 14.9. The summed E-state index contributed by atoms with van der Waals surface area (Å²) in [5.74, 6) is 1.99. The van der Waals surface area contributed by atoms with Crippen LogP contribution in [0, 0.1) is 28.6 Å². The van der Waals surface area contributed by atoms with Gasteiger partial charge in [-0.05, 0) is 61.7 Å². The first-order valence-electron chi connectivity index (χ1n) is 9.04. The zero-order chi connectivity index (χ0) is 15.7. The van der Waals surface area contributed by atoms with E-state index >= 15 is 0 Å². The van der Waals surface area contributed by atoms with E-state index < -0.39 is 0 Å². The van der Waals surface area contributed by atoms with Gasteiger partial charge >= 0.3 is 0 Å². The van der Waals surface area contributed by atoms with Crippen LogP contribution >= 0.6 is 0 Å². The molecule has 0 aromatic heterocycles. The van der Waals surface area contributed by atoms with E-state index in [1.807, 2.05) is 0 Å². The number of aliphatic hydroxyl groups excluding tert-OH is 1. The number of nitrogens with two attached hydrogens (primary N) is 1. The SMILES string of the molecule is C[C@]12CC[C@H](O)CC1=C[C@H](N)C1C2CC[C@]2(C)C(=O)CCC12. The summed E-state index contributed by atoms with van der Waals surface area (Å²) in [7, 11) is 0. The predicted molar refractivity (Wildman–Crippen MR) is 86.1 cm³/mol. The van der Waals surface area contributed by atoms with Crippen LogP contribution in [0.15, 0.2) is 11.6 Å². The van der Waals surface area contributed by atoms with Crippen LogP contribution < -0.4 is 5.73 Å². The Morgan fingerprint density at radius 2 is 1.82 bits per heavy atom. The van der Waals surface area contributed by atoms with Gasteiger partial charge in [0.2, 0.25) is 0 Å². The lowest BCUT2D eigenvalue weighted by atomic mass is 9.47. The van der Waals surface area contributed by atoms with Crippen molar-refractivity contribution in [2.24, 2.45) is 34.3 Å². The molecule has 0 heterocycles. The maximum absolute atomic E-state index is 12.4. The van der Waals surface area contributed by atoms with Gasteiger partial charge < -0.3 is 10.8 Å². The van der Waals surface area contributed by atoms with E-state index in [2.05, 4.69) is 19.9 Å². The quantitative estimate of drug-likeness (QED) is 0.676. The van der Waals surface area contributed by atoms with Gasteiger partial charge in [-0.15, -0.1) is 0 Å². The summed E-state index contributed by atoms with van der Waals surface area (Å²) in [6, 6.07) is 0.0638. The van der Waals surface area contributed by atoms with Gasteiger partial charge in [0, 0.05) is 17.9 Å². The van der Waals surface area contributed by atoms with E-state index in [-0.39, 0.29) is 23.0 Å². The molecular formula is C19H29NO2. The van der Waals surface area contributed by atoms with Crippen LogP contribution in [0.5, 0.6) is 0 Å². The fraction of sp³-hybridized carbons (Fsp3) is 0.842. The van der Waals surface area contributed by atoms with E-state index in [9.17, 15) is 9.90 Å². The molecule has 0 aliphatic heterocycles. The average Bonchev–Trinajstić information content (AvgIpc) is 2.77. The Hall–Kier alpha value is -0.670.